The lowest BCUT2D eigenvalue weighted by Gasteiger charge is -2.30. The van der Waals surface area contributed by atoms with E-state index in [1.165, 1.54) is 0 Å². The van der Waals surface area contributed by atoms with E-state index in [2.05, 4.69) is 27.3 Å². The Labute approximate surface area is 114 Å². The van der Waals surface area contributed by atoms with E-state index >= 15 is 0 Å². The lowest BCUT2D eigenvalue weighted by molar-refractivity contribution is 0.134. The van der Waals surface area contributed by atoms with Gasteiger partial charge in [0.1, 0.15) is 0 Å². The first-order valence-corrected chi connectivity index (χ1v) is 7.21. The van der Waals surface area contributed by atoms with Crippen LogP contribution in [0.5, 0.6) is 0 Å². The van der Waals surface area contributed by atoms with Gasteiger partial charge in [-0.15, -0.1) is 0 Å². The number of aryl methyl sites for hydroxylation is 1. The van der Waals surface area contributed by atoms with Gasteiger partial charge in [0, 0.05) is 26.1 Å². The third kappa shape index (κ3) is 4.47. The zero-order chi connectivity index (χ0) is 13.5. The smallest absolute Gasteiger partial charge is 0.263 e. The first-order chi connectivity index (χ1) is 9.31. The van der Waals surface area contributed by atoms with Crippen molar-refractivity contribution in [2.24, 2.45) is 5.92 Å². The van der Waals surface area contributed by atoms with Crippen LogP contribution >= 0.6 is 0 Å². The van der Waals surface area contributed by atoms with Gasteiger partial charge in [0.15, 0.2) is 0 Å². The molecule has 0 unspecified atom stereocenters. The predicted molar refractivity (Wildman–Crippen MR) is 73.0 cm³/mol. The van der Waals surface area contributed by atoms with Crippen LogP contribution < -0.4 is 5.32 Å². The molecule has 0 saturated carbocycles. The summed E-state index contributed by atoms with van der Waals surface area (Å²) in [5.74, 6) is 1.79. The van der Waals surface area contributed by atoms with Gasteiger partial charge in [-0.1, -0.05) is 6.92 Å². The minimum atomic E-state index is 0.329. The molecule has 6 nitrogen and oxygen atoms in total. The largest absolute Gasteiger partial charge is 0.396 e. The summed E-state index contributed by atoms with van der Waals surface area (Å²) < 4.78 is 5.11. The number of aromatic nitrogens is 2. The summed E-state index contributed by atoms with van der Waals surface area (Å²) in [6, 6.07) is 0. The Morgan fingerprint density at radius 3 is 2.89 bits per heavy atom. The summed E-state index contributed by atoms with van der Waals surface area (Å²) in [7, 11) is 0. The van der Waals surface area contributed by atoms with Gasteiger partial charge in [-0.05, 0) is 43.4 Å². The number of hydrogen-bond donors (Lipinski definition) is 2. The molecule has 0 aliphatic carbocycles. The number of aliphatic hydroxyl groups is 1. The van der Waals surface area contributed by atoms with Gasteiger partial charge < -0.3 is 19.8 Å². The summed E-state index contributed by atoms with van der Waals surface area (Å²) in [6.45, 7) is 6.37. The average Bonchev–Trinajstić information content (AvgIpc) is 2.88. The third-order valence-electron chi connectivity index (χ3n) is 3.61. The Morgan fingerprint density at radius 1 is 1.42 bits per heavy atom. The molecule has 0 spiro atoms. The number of nitrogens with one attached hydrogen (secondary N) is 1. The molecule has 1 aromatic rings. The van der Waals surface area contributed by atoms with Crippen molar-refractivity contribution in [3.8, 4) is 0 Å². The number of anilines is 1. The van der Waals surface area contributed by atoms with Gasteiger partial charge >= 0.3 is 0 Å². The second kappa shape index (κ2) is 7.45. The van der Waals surface area contributed by atoms with E-state index in [1.807, 2.05) is 0 Å². The standard InChI is InChI=1S/C13H24N4O2/c1-2-3-12-15-13(16-19-12)14-6-9-17-7-4-11(10-18)5-8-17/h11,18H,2-10H2,1H3,(H,14,16). The number of aliphatic hydroxyl groups excluding tert-OH is 1. The van der Waals surface area contributed by atoms with Crippen LogP contribution in [-0.4, -0.2) is 52.9 Å². The molecule has 6 heteroatoms. The maximum Gasteiger partial charge on any atom is 0.263 e. The zero-order valence-electron chi connectivity index (χ0n) is 11.6. The van der Waals surface area contributed by atoms with E-state index in [9.17, 15) is 0 Å². The normalized spacial score (nSPS) is 17.8. The topological polar surface area (TPSA) is 74.4 Å². The second-order valence-corrected chi connectivity index (χ2v) is 5.16. The van der Waals surface area contributed by atoms with E-state index in [1.54, 1.807) is 0 Å². The maximum atomic E-state index is 9.09. The van der Waals surface area contributed by atoms with Crippen LogP contribution in [0.3, 0.4) is 0 Å². The molecule has 108 valence electrons. The molecule has 2 rings (SSSR count). The summed E-state index contributed by atoms with van der Waals surface area (Å²) in [6.07, 6.45) is 4.05. The lowest BCUT2D eigenvalue weighted by atomic mass is 9.98. The van der Waals surface area contributed by atoms with Crippen LogP contribution in [0.15, 0.2) is 4.52 Å². The fraction of sp³-hybridized carbons (Fsp3) is 0.846. The molecule has 2 N–H and O–H groups in total. The van der Waals surface area contributed by atoms with E-state index in [4.69, 9.17) is 9.63 Å². The monoisotopic (exact) mass is 268 g/mol. The molecule has 0 aromatic carbocycles. The minimum Gasteiger partial charge on any atom is -0.396 e. The zero-order valence-corrected chi connectivity index (χ0v) is 11.6. The van der Waals surface area contributed by atoms with Crippen molar-refractivity contribution in [3.05, 3.63) is 5.89 Å². The number of rotatable bonds is 7. The Bertz CT molecular complexity index is 361. The molecule has 1 aliphatic rings. The highest BCUT2D eigenvalue weighted by atomic mass is 16.5. The first kappa shape index (κ1) is 14.3. The highest BCUT2D eigenvalue weighted by Gasteiger charge is 2.17. The Hall–Kier alpha value is -1.14. The minimum absolute atomic E-state index is 0.329. The van der Waals surface area contributed by atoms with Crippen molar-refractivity contribution < 1.29 is 9.63 Å². The number of likely N-dealkylation sites (tertiary alicyclic amines) is 1. The molecule has 1 aromatic heterocycles. The van der Waals surface area contributed by atoms with Crippen molar-refractivity contribution >= 4 is 5.95 Å². The van der Waals surface area contributed by atoms with Crippen LogP contribution in [-0.2, 0) is 6.42 Å². The molecule has 2 heterocycles. The summed E-state index contributed by atoms with van der Waals surface area (Å²) in [4.78, 5) is 6.68. The average molecular weight is 268 g/mol. The van der Waals surface area contributed by atoms with Crippen LogP contribution in [0, 0.1) is 5.92 Å². The second-order valence-electron chi connectivity index (χ2n) is 5.16. The molecule has 19 heavy (non-hydrogen) atoms. The van der Waals surface area contributed by atoms with Gasteiger partial charge in [-0.25, -0.2) is 0 Å². The van der Waals surface area contributed by atoms with Gasteiger partial charge in [0.05, 0.1) is 0 Å². The molecule has 1 saturated heterocycles. The molecule has 1 aliphatic heterocycles. The van der Waals surface area contributed by atoms with Crippen LogP contribution in [0.2, 0.25) is 0 Å². The van der Waals surface area contributed by atoms with E-state index < -0.39 is 0 Å². The Morgan fingerprint density at radius 2 is 2.21 bits per heavy atom. The number of piperidine rings is 1. The molecule has 0 atom stereocenters. The SMILES string of the molecule is CCCc1nc(NCCN2CCC(CO)CC2)no1. The Kier molecular flexibility index (Phi) is 5.60. The highest BCUT2D eigenvalue weighted by Crippen LogP contribution is 2.15. The van der Waals surface area contributed by atoms with E-state index in [0.29, 0.717) is 24.4 Å². The summed E-state index contributed by atoms with van der Waals surface area (Å²) >= 11 is 0. The van der Waals surface area contributed by atoms with Gasteiger partial charge in [-0.3, -0.25) is 0 Å². The molecule has 0 amide bonds. The van der Waals surface area contributed by atoms with Crippen molar-refractivity contribution in [2.45, 2.75) is 32.6 Å². The quantitative estimate of drug-likeness (QED) is 0.772. The van der Waals surface area contributed by atoms with Crippen LogP contribution in [0.4, 0.5) is 5.95 Å². The molecule has 0 bridgehead atoms. The first-order valence-electron chi connectivity index (χ1n) is 7.21. The van der Waals surface area contributed by atoms with E-state index in [0.717, 1.165) is 51.9 Å². The van der Waals surface area contributed by atoms with Gasteiger partial charge in [-0.2, -0.15) is 4.98 Å². The fourth-order valence-corrected chi connectivity index (χ4v) is 2.36. The third-order valence-corrected chi connectivity index (χ3v) is 3.61. The summed E-state index contributed by atoms with van der Waals surface area (Å²) in [5.41, 5.74) is 0. The molecular weight excluding hydrogens is 244 g/mol. The van der Waals surface area contributed by atoms with E-state index in [-0.39, 0.29) is 0 Å². The van der Waals surface area contributed by atoms with Crippen molar-refractivity contribution in [1.29, 1.82) is 0 Å². The maximum absolute atomic E-state index is 9.09. The molecule has 1 fully saturated rings. The van der Waals surface area contributed by atoms with Gasteiger partial charge in [0.25, 0.3) is 5.95 Å². The van der Waals surface area contributed by atoms with Gasteiger partial charge in [0.2, 0.25) is 5.89 Å². The fourth-order valence-electron chi connectivity index (χ4n) is 2.36. The van der Waals surface area contributed by atoms with Crippen LogP contribution in [0.1, 0.15) is 32.1 Å². The lowest BCUT2D eigenvalue weighted by Crippen LogP contribution is -2.37. The number of nitrogens with zero attached hydrogens (tertiary/aromatic N) is 3. The van der Waals surface area contributed by atoms with Crippen molar-refractivity contribution in [1.82, 2.24) is 15.0 Å². The predicted octanol–water partition coefficient (Wildman–Crippen LogP) is 1.14. The highest BCUT2D eigenvalue weighted by molar-refractivity contribution is 5.20. The molecular formula is C13H24N4O2. The molecule has 0 radical (unpaired) electrons. The van der Waals surface area contributed by atoms with Crippen LogP contribution in [0.25, 0.3) is 0 Å². The summed E-state index contributed by atoms with van der Waals surface area (Å²) in [5, 5.41) is 16.2. The van der Waals surface area contributed by atoms with Crippen molar-refractivity contribution in [3.63, 3.8) is 0 Å². The Balaban J connectivity index is 1.63. The van der Waals surface area contributed by atoms with Crippen molar-refractivity contribution in [2.75, 3.05) is 38.1 Å². The number of hydrogen-bond acceptors (Lipinski definition) is 6.